The lowest BCUT2D eigenvalue weighted by Gasteiger charge is -2.29. The number of hydrazone groups is 1. The standard InChI is InChI=1S/C24H25ClN2O3/c1-29-19-10-6-16(7-11-19)14-18-4-3-5-21-23(18)26-27(22(28)15-25)24(21)17-8-12-20(30-2)13-9-17/h6-14,21,24H,3-5,15H2,1-2H3/b18-14+/t21-,24+/m1/s1. The van der Waals surface area contributed by atoms with E-state index in [1.165, 1.54) is 5.57 Å². The molecule has 1 aliphatic heterocycles. The molecule has 1 saturated carbocycles. The molecule has 2 aromatic rings. The summed E-state index contributed by atoms with van der Waals surface area (Å²) in [6.45, 7) is 0. The third kappa shape index (κ3) is 3.94. The van der Waals surface area contributed by atoms with Crippen LogP contribution in [-0.4, -0.2) is 36.7 Å². The topological polar surface area (TPSA) is 51.1 Å². The van der Waals surface area contributed by atoms with Gasteiger partial charge in [-0.1, -0.05) is 24.3 Å². The molecule has 1 amide bonds. The van der Waals surface area contributed by atoms with Gasteiger partial charge in [0.2, 0.25) is 0 Å². The quantitative estimate of drug-likeness (QED) is 0.630. The van der Waals surface area contributed by atoms with E-state index < -0.39 is 0 Å². The number of hydrogen-bond donors (Lipinski definition) is 0. The Kier molecular flexibility index (Phi) is 6.09. The van der Waals surface area contributed by atoms with Gasteiger partial charge in [0.25, 0.3) is 5.91 Å². The van der Waals surface area contributed by atoms with Crippen molar-refractivity contribution < 1.29 is 14.3 Å². The normalized spacial score (nSPS) is 21.9. The number of methoxy groups -OCH3 is 2. The van der Waals surface area contributed by atoms with E-state index in [4.69, 9.17) is 26.2 Å². The van der Waals surface area contributed by atoms with Crippen LogP contribution in [-0.2, 0) is 4.79 Å². The van der Waals surface area contributed by atoms with Crippen molar-refractivity contribution >= 4 is 29.3 Å². The zero-order valence-corrected chi connectivity index (χ0v) is 17.9. The molecular formula is C24H25ClN2O3. The first-order valence-corrected chi connectivity index (χ1v) is 10.6. The van der Waals surface area contributed by atoms with E-state index in [9.17, 15) is 4.79 Å². The monoisotopic (exact) mass is 424 g/mol. The molecule has 30 heavy (non-hydrogen) atoms. The molecule has 6 heteroatoms. The highest BCUT2D eigenvalue weighted by Crippen LogP contribution is 2.44. The third-order valence-electron chi connectivity index (χ3n) is 5.79. The highest BCUT2D eigenvalue weighted by atomic mass is 35.5. The predicted molar refractivity (Wildman–Crippen MR) is 119 cm³/mol. The Hall–Kier alpha value is -2.79. The SMILES string of the molecule is COc1ccc(/C=C2\CCC[C@@H]3C2=NN(C(=O)CCl)[C@H]3c2ccc(OC)cc2)cc1. The molecule has 2 atom stereocenters. The fourth-order valence-electron chi connectivity index (χ4n) is 4.30. The molecule has 1 aliphatic carbocycles. The number of benzene rings is 2. The van der Waals surface area contributed by atoms with Gasteiger partial charge in [0, 0.05) is 5.92 Å². The first kappa shape index (κ1) is 20.5. The predicted octanol–water partition coefficient (Wildman–Crippen LogP) is 5.07. The van der Waals surface area contributed by atoms with Crippen molar-refractivity contribution in [3.05, 3.63) is 65.2 Å². The van der Waals surface area contributed by atoms with E-state index >= 15 is 0 Å². The van der Waals surface area contributed by atoms with E-state index in [-0.39, 0.29) is 23.7 Å². The number of allylic oxidation sites excluding steroid dienone is 1. The molecule has 0 saturated heterocycles. The van der Waals surface area contributed by atoms with Crippen LogP contribution in [0.2, 0.25) is 0 Å². The average molecular weight is 425 g/mol. The molecule has 156 valence electrons. The number of rotatable bonds is 5. The number of fused-ring (bicyclic) bond motifs is 1. The van der Waals surface area contributed by atoms with E-state index in [0.717, 1.165) is 47.6 Å². The highest BCUT2D eigenvalue weighted by Gasteiger charge is 2.43. The Bertz CT molecular complexity index is 967. The number of carbonyl (C=O) groups is 1. The summed E-state index contributed by atoms with van der Waals surface area (Å²) in [7, 11) is 3.31. The fraction of sp³-hybridized carbons (Fsp3) is 0.333. The average Bonchev–Trinajstić information content (AvgIpc) is 3.20. The first-order chi connectivity index (χ1) is 14.6. The van der Waals surface area contributed by atoms with E-state index in [2.05, 4.69) is 6.08 Å². The molecule has 0 aromatic heterocycles. The van der Waals surface area contributed by atoms with Crippen molar-refractivity contribution in [3.8, 4) is 11.5 Å². The third-order valence-corrected chi connectivity index (χ3v) is 6.01. The zero-order valence-electron chi connectivity index (χ0n) is 17.2. The summed E-state index contributed by atoms with van der Waals surface area (Å²) in [5.41, 5.74) is 4.32. The lowest BCUT2D eigenvalue weighted by molar-refractivity contribution is -0.130. The summed E-state index contributed by atoms with van der Waals surface area (Å²) >= 11 is 5.92. The van der Waals surface area contributed by atoms with Gasteiger partial charge in [-0.05, 0) is 66.3 Å². The summed E-state index contributed by atoms with van der Waals surface area (Å²) in [4.78, 5) is 12.6. The van der Waals surface area contributed by atoms with Gasteiger partial charge in [-0.3, -0.25) is 4.79 Å². The van der Waals surface area contributed by atoms with Crippen LogP contribution in [0.5, 0.6) is 11.5 Å². The van der Waals surface area contributed by atoms with Crippen molar-refractivity contribution in [3.63, 3.8) is 0 Å². The van der Waals surface area contributed by atoms with E-state index in [0.29, 0.717) is 0 Å². The molecule has 5 nitrogen and oxygen atoms in total. The van der Waals surface area contributed by atoms with Gasteiger partial charge in [0.05, 0.1) is 26.0 Å². The Morgan fingerprint density at radius 2 is 1.73 bits per heavy atom. The fourth-order valence-corrected chi connectivity index (χ4v) is 4.43. The number of halogens is 1. The second kappa shape index (κ2) is 8.92. The molecule has 2 aliphatic rings. The summed E-state index contributed by atoms with van der Waals surface area (Å²) in [6, 6.07) is 15.7. The van der Waals surface area contributed by atoms with Crippen molar-refractivity contribution in [2.75, 3.05) is 20.1 Å². The van der Waals surface area contributed by atoms with Crippen LogP contribution in [0.4, 0.5) is 0 Å². The van der Waals surface area contributed by atoms with Crippen molar-refractivity contribution in [2.45, 2.75) is 25.3 Å². The second-order valence-corrected chi connectivity index (χ2v) is 7.78. The molecule has 0 N–H and O–H groups in total. The number of carbonyl (C=O) groups excluding carboxylic acids is 1. The number of nitrogens with zero attached hydrogens (tertiary/aromatic N) is 2. The van der Waals surface area contributed by atoms with Crippen LogP contribution in [0.25, 0.3) is 6.08 Å². The minimum absolute atomic E-state index is 0.0896. The number of hydrogen-bond acceptors (Lipinski definition) is 4. The smallest absolute Gasteiger partial charge is 0.258 e. The van der Waals surface area contributed by atoms with Gasteiger partial charge < -0.3 is 9.47 Å². The Labute approximate surface area is 181 Å². The maximum Gasteiger partial charge on any atom is 0.258 e. The summed E-state index contributed by atoms with van der Waals surface area (Å²) in [6.07, 6.45) is 5.16. The van der Waals surface area contributed by atoms with Crippen LogP contribution >= 0.6 is 11.6 Å². The summed E-state index contributed by atoms with van der Waals surface area (Å²) in [5, 5.41) is 6.37. The minimum atomic E-state index is -0.178. The van der Waals surface area contributed by atoms with Crippen LogP contribution in [0.3, 0.4) is 0 Å². The molecule has 1 heterocycles. The van der Waals surface area contributed by atoms with Gasteiger partial charge in [0.1, 0.15) is 17.4 Å². The molecular weight excluding hydrogens is 400 g/mol. The molecule has 0 radical (unpaired) electrons. The summed E-state index contributed by atoms with van der Waals surface area (Å²) < 4.78 is 10.5. The molecule has 0 spiro atoms. The van der Waals surface area contributed by atoms with Crippen LogP contribution in [0.15, 0.2) is 59.2 Å². The number of alkyl halides is 1. The highest BCUT2D eigenvalue weighted by molar-refractivity contribution is 6.27. The maximum absolute atomic E-state index is 12.6. The molecule has 0 unspecified atom stereocenters. The minimum Gasteiger partial charge on any atom is -0.497 e. The molecule has 1 fully saturated rings. The van der Waals surface area contributed by atoms with Crippen molar-refractivity contribution in [2.24, 2.45) is 11.0 Å². The Morgan fingerprint density at radius 3 is 2.33 bits per heavy atom. The van der Waals surface area contributed by atoms with Crippen LogP contribution < -0.4 is 9.47 Å². The van der Waals surface area contributed by atoms with Gasteiger partial charge in [-0.2, -0.15) is 5.10 Å². The second-order valence-electron chi connectivity index (χ2n) is 7.52. The van der Waals surface area contributed by atoms with Gasteiger partial charge in [-0.15, -0.1) is 11.6 Å². The van der Waals surface area contributed by atoms with Crippen LogP contribution in [0.1, 0.15) is 36.4 Å². The van der Waals surface area contributed by atoms with Gasteiger partial charge in [0.15, 0.2) is 0 Å². The van der Waals surface area contributed by atoms with Gasteiger partial charge in [-0.25, -0.2) is 5.01 Å². The van der Waals surface area contributed by atoms with E-state index in [1.54, 1.807) is 19.2 Å². The van der Waals surface area contributed by atoms with Crippen LogP contribution in [0, 0.1) is 5.92 Å². The molecule has 4 rings (SSSR count). The Balaban J connectivity index is 1.69. The number of amides is 1. The maximum atomic E-state index is 12.6. The summed E-state index contributed by atoms with van der Waals surface area (Å²) in [5.74, 6) is 1.51. The van der Waals surface area contributed by atoms with Crippen molar-refractivity contribution in [1.29, 1.82) is 0 Å². The Morgan fingerprint density at radius 1 is 1.10 bits per heavy atom. The molecule has 0 bridgehead atoms. The number of ether oxygens (including phenoxy) is 2. The lowest BCUT2D eigenvalue weighted by Crippen LogP contribution is -2.32. The van der Waals surface area contributed by atoms with E-state index in [1.807, 2.05) is 48.5 Å². The first-order valence-electron chi connectivity index (χ1n) is 10.1. The largest absolute Gasteiger partial charge is 0.497 e. The van der Waals surface area contributed by atoms with Crippen molar-refractivity contribution in [1.82, 2.24) is 5.01 Å². The lowest BCUT2D eigenvalue weighted by atomic mass is 9.77. The van der Waals surface area contributed by atoms with Gasteiger partial charge >= 0.3 is 0 Å². The molecule has 2 aromatic carbocycles. The zero-order chi connectivity index (χ0) is 21.1.